The summed E-state index contributed by atoms with van der Waals surface area (Å²) >= 11 is 0. The highest BCUT2D eigenvalue weighted by atomic mass is 16.1. The van der Waals surface area contributed by atoms with E-state index in [0.29, 0.717) is 6.42 Å². The first-order valence-electron chi connectivity index (χ1n) is 7.30. The van der Waals surface area contributed by atoms with Crippen molar-refractivity contribution in [2.75, 3.05) is 5.32 Å². The first-order valence-corrected chi connectivity index (χ1v) is 7.30. The van der Waals surface area contributed by atoms with Crippen molar-refractivity contribution in [2.45, 2.75) is 58.4 Å². The molecule has 0 radical (unpaired) electrons. The summed E-state index contributed by atoms with van der Waals surface area (Å²) in [5, 5.41) is 2.89. The Morgan fingerprint density at radius 1 is 1.21 bits per heavy atom. The first-order chi connectivity index (χ1) is 9.15. The molecule has 0 aromatic heterocycles. The smallest absolute Gasteiger partial charge is 0.224 e. The quantitative estimate of drug-likeness (QED) is 0.753. The number of anilines is 1. The van der Waals surface area contributed by atoms with Gasteiger partial charge in [-0.2, -0.15) is 0 Å². The van der Waals surface area contributed by atoms with E-state index in [0.717, 1.165) is 24.9 Å². The molecule has 0 aliphatic heterocycles. The number of nitrogens with two attached hydrogens (primary N) is 1. The maximum atomic E-state index is 11.5. The highest BCUT2D eigenvalue weighted by Crippen LogP contribution is 2.13. The van der Waals surface area contributed by atoms with E-state index in [2.05, 4.69) is 12.2 Å². The maximum Gasteiger partial charge on any atom is 0.224 e. The van der Waals surface area contributed by atoms with E-state index in [1.807, 2.05) is 31.2 Å². The van der Waals surface area contributed by atoms with Gasteiger partial charge in [-0.3, -0.25) is 4.79 Å². The van der Waals surface area contributed by atoms with Crippen molar-refractivity contribution in [2.24, 2.45) is 5.73 Å². The Labute approximate surface area is 116 Å². The molecule has 1 rings (SSSR count). The van der Waals surface area contributed by atoms with Crippen molar-refractivity contribution in [3.8, 4) is 0 Å². The van der Waals surface area contributed by atoms with E-state index in [9.17, 15) is 4.79 Å². The van der Waals surface area contributed by atoms with Crippen LogP contribution in [0, 0.1) is 0 Å². The van der Waals surface area contributed by atoms with E-state index in [1.54, 1.807) is 0 Å². The summed E-state index contributed by atoms with van der Waals surface area (Å²) in [6, 6.07) is 8.24. The highest BCUT2D eigenvalue weighted by molar-refractivity contribution is 5.90. The average Bonchev–Trinajstić information content (AvgIpc) is 2.39. The van der Waals surface area contributed by atoms with Gasteiger partial charge >= 0.3 is 0 Å². The molecule has 1 amide bonds. The highest BCUT2D eigenvalue weighted by Gasteiger charge is 2.04. The Morgan fingerprint density at radius 3 is 2.47 bits per heavy atom. The van der Waals surface area contributed by atoms with Crippen LogP contribution in [0.5, 0.6) is 0 Å². The third kappa shape index (κ3) is 6.39. The molecule has 106 valence electrons. The fourth-order valence-corrected chi connectivity index (χ4v) is 2.05. The van der Waals surface area contributed by atoms with Gasteiger partial charge in [0.1, 0.15) is 0 Å². The number of unbranched alkanes of at least 4 members (excludes halogenated alkanes) is 1. The zero-order valence-corrected chi connectivity index (χ0v) is 12.1. The van der Waals surface area contributed by atoms with Crippen LogP contribution in [0.4, 0.5) is 5.69 Å². The van der Waals surface area contributed by atoms with Crippen molar-refractivity contribution >= 4 is 11.6 Å². The standard InChI is InChI=1S/C16H26N2O/c1-3-5-7-14(17)12-13-8-10-15(11-9-13)18-16(19)6-4-2/h8-11,14H,3-7,12,17H2,1-2H3,(H,18,19). The number of carbonyl (C=O) groups is 1. The molecule has 0 spiro atoms. The third-order valence-electron chi connectivity index (χ3n) is 3.14. The zero-order chi connectivity index (χ0) is 14.1. The molecule has 1 unspecified atom stereocenters. The Kier molecular flexibility index (Phi) is 7.19. The van der Waals surface area contributed by atoms with E-state index in [1.165, 1.54) is 18.4 Å². The molecule has 0 aliphatic rings. The van der Waals surface area contributed by atoms with Gasteiger partial charge in [-0.05, 0) is 37.0 Å². The minimum Gasteiger partial charge on any atom is -0.327 e. The monoisotopic (exact) mass is 262 g/mol. The first kappa shape index (κ1) is 15.7. The number of hydrogen-bond donors (Lipinski definition) is 2. The van der Waals surface area contributed by atoms with Crippen molar-refractivity contribution in [3.05, 3.63) is 29.8 Å². The Bertz CT molecular complexity index is 373. The van der Waals surface area contributed by atoms with Crippen LogP contribution in [0.3, 0.4) is 0 Å². The van der Waals surface area contributed by atoms with Crippen molar-refractivity contribution in [1.29, 1.82) is 0 Å². The summed E-state index contributed by atoms with van der Waals surface area (Å²) in [5.74, 6) is 0.0786. The second-order valence-corrected chi connectivity index (χ2v) is 5.10. The lowest BCUT2D eigenvalue weighted by Crippen LogP contribution is -2.22. The lowest BCUT2D eigenvalue weighted by atomic mass is 10.0. The van der Waals surface area contributed by atoms with E-state index >= 15 is 0 Å². The van der Waals surface area contributed by atoms with Crippen molar-refractivity contribution < 1.29 is 4.79 Å². The Hall–Kier alpha value is -1.35. The van der Waals surface area contributed by atoms with Gasteiger partial charge < -0.3 is 11.1 Å². The molecule has 0 heterocycles. The lowest BCUT2D eigenvalue weighted by Gasteiger charge is -2.11. The van der Waals surface area contributed by atoms with Gasteiger partial charge in [-0.15, -0.1) is 0 Å². The molecule has 1 aromatic carbocycles. The van der Waals surface area contributed by atoms with Gasteiger partial charge in [0, 0.05) is 18.2 Å². The molecule has 0 fully saturated rings. The SMILES string of the molecule is CCCCC(N)Cc1ccc(NC(=O)CCC)cc1. The van der Waals surface area contributed by atoms with Crippen molar-refractivity contribution in [3.63, 3.8) is 0 Å². The van der Waals surface area contributed by atoms with Crippen LogP contribution >= 0.6 is 0 Å². The number of carbonyl (C=O) groups excluding carboxylic acids is 1. The van der Waals surface area contributed by atoms with E-state index < -0.39 is 0 Å². The molecule has 3 nitrogen and oxygen atoms in total. The van der Waals surface area contributed by atoms with Gasteiger partial charge in [-0.25, -0.2) is 0 Å². The number of hydrogen-bond acceptors (Lipinski definition) is 2. The van der Waals surface area contributed by atoms with Crippen LogP contribution in [-0.2, 0) is 11.2 Å². The van der Waals surface area contributed by atoms with Gasteiger partial charge in [-0.1, -0.05) is 38.8 Å². The molecule has 3 N–H and O–H groups in total. The minimum absolute atomic E-state index is 0.0786. The van der Waals surface area contributed by atoms with E-state index in [-0.39, 0.29) is 11.9 Å². The second kappa shape index (κ2) is 8.70. The molecular formula is C16H26N2O. The van der Waals surface area contributed by atoms with Gasteiger partial charge in [0.15, 0.2) is 0 Å². The summed E-state index contributed by atoms with van der Waals surface area (Å²) in [6.45, 7) is 4.18. The van der Waals surface area contributed by atoms with Crippen LogP contribution in [0.1, 0.15) is 51.5 Å². The van der Waals surface area contributed by atoms with Crippen LogP contribution in [0.2, 0.25) is 0 Å². The predicted molar refractivity (Wildman–Crippen MR) is 81.2 cm³/mol. The summed E-state index contributed by atoms with van der Waals surface area (Å²) in [6.07, 6.45) is 5.80. The number of benzene rings is 1. The summed E-state index contributed by atoms with van der Waals surface area (Å²) in [4.78, 5) is 11.5. The predicted octanol–water partition coefficient (Wildman–Crippen LogP) is 3.49. The third-order valence-corrected chi connectivity index (χ3v) is 3.14. The summed E-state index contributed by atoms with van der Waals surface area (Å²) < 4.78 is 0. The van der Waals surface area contributed by atoms with Gasteiger partial charge in [0.25, 0.3) is 0 Å². The molecule has 0 saturated carbocycles. The topological polar surface area (TPSA) is 55.1 Å². The molecule has 1 atom stereocenters. The van der Waals surface area contributed by atoms with Crippen molar-refractivity contribution in [1.82, 2.24) is 0 Å². The molecule has 0 aliphatic carbocycles. The van der Waals surface area contributed by atoms with Gasteiger partial charge in [0.2, 0.25) is 5.91 Å². The zero-order valence-electron chi connectivity index (χ0n) is 12.1. The van der Waals surface area contributed by atoms with Gasteiger partial charge in [0.05, 0.1) is 0 Å². The Morgan fingerprint density at radius 2 is 1.89 bits per heavy atom. The largest absolute Gasteiger partial charge is 0.327 e. The fourth-order valence-electron chi connectivity index (χ4n) is 2.05. The average molecular weight is 262 g/mol. The van der Waals surface area contributed by atoms with E-state index in [4.69, 9.17) is 5.73 Å². The summed E-state index contributed by atoms with van der Waals surface area (Å²) in [7, 11) is 0. The van der Waals surface area contributed by atoms with Crippen LogP contribution in [-0.4, -0.2) is 11.9 Å². The van der Waals surface area contributed by atoms with Crippen LogP contribution in [0.15, 0.2) is 24.3 Å². The Balaban J connectivity index is 2.45. The molecule has 19 heavy (non-hydrogen) atoms. The number of nitrogens with one attached hydrogen (secondary N) is 1. The minimum atomic E-state index is 0.0786. The fraction of sp³-hybridized carbons (Fsp3) is 0.562. The molecule has 0 saturated heterocycles. The normalized spacial score (nSPS) is 12.2. The lowest BCUT2D eigenvalue weighted by molar-refractivity contribution is -0.116. The number of amides is 1. The van der Waals surface area contributed by atoms with Crippen LogP contribution in [0.25, 0.3) is 0 Å². The molecule has 0 bridgehead atoms. The molecular weight excluding hydrogens is 236 g/mol. The van der Waals surface area contributed by atoms with Crippen LogP contribution < -0.4 is 11.1 Å². The summed E-state index contributed by atoms with van der Waals surface area (Å²) in [5.41, 5.74) is 8.18. The molecule has 3 heteroatoms. The number of rotatable bonds is 8. The second-order valence-electron chi connectivity index (χ2n) is 5.10. The maximum absolute atomic E-state index is 11.5. The molecule has 1 aromatic rings.